The van der Waals surface area contributed by atoms with Crippen LogP contribution in [-0.4, -0.2) is 48.1 Å². The van der Waals surface area contributed by atoms with Crippen molar-refractivity contribution in [2.75, 3.05) is 25.5 Å². The number of carbonyl (C=O) groups is 2. The third-order valence-corrected chi connectivity index (χ3v) is 3.76. The van der Waals surface area contributed by atoms with E-state index < -0.39 is 12.0 Å². The summed E-state index contributed by atoms with van der Waals surface area (Å²) in [5, 5.41) is 12.0. The van der Waals surface area contributed by atoms with E-state index in [0.717, 1.165) is 6.42 Å². The Morgan fingerprint density at radius 3 is 2.90 bits per heavy atom. The molecule has 0 aromatic heterocycles. The van der Waals surface area contributed by atoms with E-state index in [2.05, 4.69) is 5.32 Å². The molecule has 0 bridgehead atoms. The van der Waals surface area contributed by atoms with Gasteiger partial charge in [0.05, 0.1) is 13.7 Å². The van der Waals surface area contributed by atoms with Gasteiger partial charge in [-0.1, -0.05) is 13.0 Å². The van der Waals surface area contributed by atoms with E-state index in [1.165, 1.54) is 0 Å². The van der Waals surface area contributed by atoms with Crippen molar-refractivity contribution in [2.24, 2.45) is 5.92 Å². The van der Waals surface area contributed by atoms with Crippen LogP contribution in [0.3, 0.4) is 0 Å². The number of nitrogens with zero attached hydrogens (tertiary/aromatic N) is 1. The Balaban J connectivity index is 1.96. The predicted octanol–water partition coefficient (Wildman–Crippen LogP) is 1.43. The van der Waals surface area contributed by atoms with Crippen LogP contribution in [0.5, 0.6) is 5.75 Å². The third-order valence-electron chi connectivity index (χ3n) is 3.76. The summed E-state index contributed by atoms with van der Waals surface area (Å²) >= 11 is 0. The molecule has 1 saturated heterocycles. The van der Waals surface area contributed by atoms with Crippen LogP contribution in [0.1, 0.15) is 13.3 Å². The molecule has 1 heterocycles. The average Bonchev–Trinajstić information content (AvgIpc) is 2.79. The lowest BCUT2D eigenvalue weighted by atomic mass is 10.0. The Morgan fingerprint density at radius 2 is 2.24 bits per heavy atom. The molecule has 0 aliphatic carbocycles. The first-order chi connectivity index (χ1) is 10.0. The van der Waals surface area contributed by atoms with Crippen LogP contribution < -0.4 is 10.1 Å². The summed E-state index contributed by atoms with van der Waals surface area (Å²) in [6, 6.07) is 6.48. The molecule has 2 atom stereocenters. The number of likely N-dealkylation sites (tertiary alicyclic amines) is 1. The van der Waals surface area contributed by atoms with Gasteiger partial charge >= 0.3 is 5.97 Å². The van der Waals surface area contributed by atoms with Crippen LogP contribution in [0, 0.1) is 5.92 Å². The van der Waals surface area contributed by atoms with E-state index in [1.807, 2.05) is 6.92 Å². The zero-order chi connectivity index (χ0) is 15.4. The first-order valence-electron chi connectivity index (χ1n) is 6.92. The fraction of sp³-hybridized carbons (Fsp3) is 0.467. The summed E-state index contributed by atoms with van der Waals surface area (Å²) in [4.78, 5) is 25.0. The number of aliphatic carboxylic acids is 1. The quantitative estimate of drug-likeness (QED) is 0.858. The van der Waals surface area contributed by atoms with Gasteiger partial charge in [-0.05, 0) is 31.0 Å². The molecule has 1 aliphatic heterocycles. The van der Waals surface area contributed by atoms with Crippen molar-refractivity contribution < 1.29 is 19.4 Å². The number of carbonyl (C=O) groups excluding carboxylic acids is 1. The lowest BCUT2D eigenvalue weighted by molar-refractivity contribution is -0.143. The number of methoxy groups -OCH3 is 1. The number of rotatable bonds is 5. The predicted molar refractivity (Wildman–Crippen MR) is 78.4 cm³/mol. The van der Waals surface area contributed by atoms with Gasteiger partial charge in [-0.3, -0.25) is 14.5 Å². The van der Waals surface area contributed by atoms with Gasteiger partial charge in [-0.25, -0.2) is 0 Å². The number of hydrogen-bond donors (Lipinski definition) is 2. The van der Waals surface area contributed by atoms with Crippen LogP contribution in [0.4, 0.5) is 5.69 Å². The standard InChI is InChI=1S/C15H20N2O4/c1-10-6-7-17(14(10)15(19)20)9-13(18)16-11-4-3-5-12(8-11)21-2/h3-5,8,10,14H,6-7,9H2,1-2H3,(H,16,18)(H,19,20). The third kappa shape index (κ3) is 3.72. The summed E-state index contributed by atoms with van der Waals surface area (Å²) in [7, 11) is 1.56. The minimum atomic E-state index is -0.866. The van der Waals surface area contributed by atoms with Crippen molar-refractivity contribution >= 4 is 17.6 Å². The largest absolute Gasteiger partial charge is 0.497 e. The molecule has 0 radical (unpaired) electrons. The zero-order valence-corrected chi connectivity index (χ0v) is 12.2. The second kappa shape index (κ2) is 6.58. The molecule has 114 valence electrons. The number of nitrogens with one attached hydrogen (secondary N) is 1. The molecule has 1 fully saturated rings. The van der Waals surface area contributed by atoms with Crippen molar-refractivity contribution in [1.82, 2.24) is 4.90 Å². The van der Waals surface area contributed by atoms with Crippen molar-refractivity contribution in [3.8, 4) is 5.75 Å². The number of benzene rings is 1. The highest BCUT2D eigenvalue weighted by Crippen LogP contribution is 2.24. The van der Waals surface area contributed by atoms with Gasteiger partial charge in [0.2, 0.25) is 5.91 Å². The highest BCUT2D eigenvalue weighted by molar-refractivity contribution is 5.92. The smallest absolute Gasteiger partial charge is 0.321 e. The Morgan fingerprint density at radius 1 is 1.48 bits per heavy atom. The molecule has 2 rings (SSSR count). The van der Waals surface area contributed by atoms with Crippen molar-refractivity contribution in [2.45, 2.75) is 19.4 Å². The molecule has 6 heteroatoms. The summed E-state index contributed by atoms with van der Waals surface area (Å²) in [6.07, 6.45) is 0.795. The zero-order valence-electron chi connectivity index (χ0n) is 12.2. The summed E-state index contributed by atoms with van der Waals surface area (Å²) in [6.45, 7) is 2.61. The number of amides is 1. The van der Waals surface area contributed by atoms with Gasteiger partial charge in [-0.15, -0.1) is 0 Å². The summed E-state index contributed by atoms with van der Waals surface area (Å²) in [5.74, 6) is -0.365. The molecule has 0 spiro atoms. The van der Waals surface area contributed by atoms with Crippen LogP contribution >= 0.6 is 0 Å². The number of carboxylic acid groups (broad SMARTS) is 1. The summed E-state index contributed by atoms with van der Waals surface area (Å²) < 4.78 is 5.09. The maximum atomic E-state index is 12.1. The maximum Gasteiger partial charge on any atom is 0.321 e. The monoisotopic (exact) mass is 292 g/mol. The number of ether oxygens (including phenoxy) is 1. The molecule has 0 saturated carbocycles. The van der Waals surface area contributed by atoms with Gasteiger partial charge in [-0.2, -0.15) is 0 Å². The van der Waals surface area contributed by atoms with Gasteiger partial charge in [0, 0.05) is 11.8 Å². The minimum Gasteiger partial charge on any atom is -0.497 e. The van der Waals surface area contributed by atoms with E-state index >= 15 is 0 Å². The minimum absolute atomic E-state index is 0.0621. The lowest BCUT2D eigenvalue weighted by Crippen LogP contribution is -2.43. The first-order valence-corrected chi connectivity index (χ1v) is 6.92. The fourth-order valence-electron chi connectivity index (χ4n) is 2.69. The molecule has 21 heavy (non-hydrogen) atoms. The topological polar surface area (TPSA) is 78.9 Å². The Bertz CT molecular complexity index is 532. The van der Waals surface area contributed by atoms with E-state index in [1.54, 1.807) is 36.3 Å². The van der Waals surface area contributed by atoms with Crippen molar-refractivity contribution in [3.63, 3.8) is 0 Å². The molecule has 1 aliphatic rings. The van der Waals surface area contributed by atoms with Crippen LogP contribution in [0.25, 0.3) is 0 Å². The molecule has 1 amide bonds. The normalized spacial score (nSPS) is 22.0. The fourth-order valence-corrected chi connectivity index (χ4v) is 2.69. The number of carboxylic acids is 1. The van der Waals surface area contributed by atoms with Gasteiger partial charge in [0.25, 0.3) is 0 Å². The highest BCUT2D eigenvalue weighted by Gasteiger charge is 2.37. The van der Waals surface area contributed by atoms with Crippen LogP contribution in [0.15, 0.2) is 24.3 Å². The van der Waals surface area contributed by atoms with Crippen molar-refractivity contribution in [3.05, 3.63) is 24.3 Å². The van der Waals surface area contributed by atoms with Gasteiger partial charge in [0.1, 0.15) is 11.8 Å². The van der Waals surface area contributed by atoms with E-state index in [9.17, 15) is 14.7 Å². The average molecular weight is 292 g/mol. The maximum absolute atomic E-state index is 12.1. The molecule has 6 nitrogen and oxygen atoms in total. The summed E-state index contributed by atoms with van der Waals surface area (Å²) in [5.41, 5.74) is 0.637. The number of hydrogen-bond acceptors (Lipinski definition) is 4. The molecular weight excluding hydrogens is 272 g/mol. The second-order valence-electron chi connectivity index (χ2n) is 5.30. The molecule has 1 aromatic carbocycles. The van der Waals surface area contributed by atoms with E-state index in [-0.39, 0.29) is 18.4 Å². The highest BCUT2D eigenvalue weighted by atomic mass is 16.5. The van der Waals surface area contributed by atoms with Crippen molar-refractivity contribution in [1.29, 1.82) is 0 Å². The molecule has 2 N–H and O–H groups in total. The van der Waals surface area contributed by atoms with E-state index in [0.29, 0.717) is 18.0 Å². The van der Waals surface area contributed by atoms with Gasteiger partial charge in [0.15, 0.2) is 0 Å². The van der Waals surface area contributed by atoms with Crippen LogP contribution in [-0.2, 0) is 9.59 Å². The van der Waals surface area contributed by atoms with Crippen LogP contribution in [0.2, 0.25) is 0 Å². The Kier molecular flexibility index (Phi) is 4.80. The molecule has 1 aromatic rings. The molecular formula is C15H20N2O4. The number of anilines is 1. The molecule has 2 unspecified atom stereocenters. The lowest BCUT2D eigenvalue weighted by Gasteiger charge is -2.22. The SMILES string of the molecule is COc1cccc(NC(=O)CN2CCC(C)C2C(=O)O)c1. The first kappa shape index (κ1) is 15.3. The van der Waals surface area contributed by atoms with E-state index in [4.69, 9.17) is 4.74 Å². The Hall–Kier alpha value is -2.08. The second-order valence-corrected chi connectivity index (χ2v) is 5.30. The van der Waals surface area contributed by atoms with Gasteiger partial charge < -0.3 is 15.2 Å². The Labute approximate surface area is 123 Å².